The molecule has 0 amide bonds. The Morgan fingerprint density at radius 2 is 1.81 bits per heavy atom. The average molecular weight is 399 g/mol. The van der Waals surface area contributed by atoms with Crippen molar-refractivity contribution in [3.8, 4) is 5.69 Å². The average Bonchev–Trinajstić information content (AvgIpc) is 2.90. The van der Waals surface area contributed by atoms with Crippen molar-refractivity contribution < 1.29 is 17.7 Å². The van der Waals surface area contributed by atoms with Crippen LogP contribution >= 0.6 is 11.5 Å². The number of hydrogen-bond acceptors (Lipinski definition) is 4. The third kappa shape index (κ3) is 3.67. The molecular weight excluding hydrogens is 381 g/mol. The number of benzene rings is 1. The maximum Gasteiger partial charge on any atom is 0.431 e. The van der Waals surface area contributed by atoms with Crippen LogP contribution in [0.1, 0.15) is 11.4 Å². The van der Waals surface area contributed by atoms with Crippen LogP contribution < -0.4 is 11.2 Å². The zero-order chi connectivity index (χ0) is 20.1. The highest BCUT2D eigenvalue weighted by molar-refractivity contribution is 7.13. The highest BCUT2D eigenvalue weighted by atomic mass is 32.1. The van der Waals surface area contributed by atoms with Gasteiger partial charge in [0.2, 0.25) is 0 Å². The Morgan fingerprint density at radius 1 is 1.15 bits per heavy atom. The predicted octanol–water partition coefficient (Wildman–Crippen LogP) is 2.37. The molecule has 144 valence electrons. The summed E-state index contributed by atoms with van der Waals surface area (Å²) in [6, 6.07) is 5.31. The van der Waals surface area contributed by atoms with Gasteiger partial charge < -0.3 is 4.48 Å². The summed E-state index contributed by atoms with van der Waals surface area (Å²) in [4.78, 5) is 24.7. The maximum atomic E-state index is 13.0. The fourth-order valence-electron chi connectivity index (χ4n) is 2.81. The molecule has 0 saturated heterocycles. The number of fused-ring (bicyclic) bond motifs is 1. The molecule has 0 unspecified atom stereocenters. The van der Waals surface area contributed by atoms with Crippen molar-refractivity contribution in [3.63, 3.8) is 0 Å². The Labute approximate surface area is 156 Å². The van der Waals surface area contributed by atoms with Crippen molar-refractivity contribution in [3.05, 3.63) is 56.5 Å². The molecule has 0 bridgehead atoms. The van der Waals surface area contributed by atoms with Crippen molar-refractivity contribution in [1.82, 2.24) is 13.5 Å². The van der Waals surface area contributed by atoms with Gasteiger partial charge in [-0.2, -0.15) is 17.5 Å². The lowest BCUT2D eigenvalue weighted by Crippen LogP contribution is -2.40. The molecule has 0 atom stereocenters. The van der Waals surface area contributed by atoms with Gasteiger partial charge >= 0.3 is 11.9 Å². The second-order valence-corrected chi connectivity index (χ2v) is 8.11. The molecule has 6 nitrogen and oxygen atoms in total. The first-order valence-corrected chi connectivity index (χ1v) is 8.75. The minimum Gasteiger partial charge on any atom is -0.326 e. The highest BCUT2D eigenvalue weighted by Crippen LogP contribution is 2.28. The smallest absolute Gasteiger partial charge is 0.326 e. The first kappa shape index (κ1) is 19.3. The van der Waals surface area contributed by atoms with Crippen LogP contribution in [-0.4, -0.2) is 39.1 Å². The summed E-state index contributed by atoms with van der Waals surface area (Å²) in [5.74, 6) is 0. The fourth-order valence-corrected chi connectivity index (χ4v) is 3.58. The Morgan fingerprint density at radius 3 is 2.41 bits per heavy atom. The molecule has 2 aromatic heterocycles. The van der Waals surface area contributed by atoms with Gasteiger partial charge in [-0.1, -0.05) is 0 Å². The molecule has 0 saturated carbocycles. The van der Waals surface area contributed by atoms with Crippen LogP contribution in [0.4, 0.5) is 13.2 Å². The van der Waals surface area contributed by atoms with E-state index in [1.54, 1.807) is 12.1 Å². The Kier molecular flexibility index (Phi) is 4.51. The molecule has 0 aliphatic heterocycles. The lowest BCUT2D eigenvalue weighted by molar-refractivity contribution is -0.884. The summed E-state index contributed by atoms with van der Waals surface area (Å²) in [6.07, 6.45) is -4.79. The van der Waals surface area contributed by atoms with Gasteiger partial charge in [-0.05, 0) is 29.7 Å². The van der Waals surface area contributed by atoms with Crippen molar-refractivity contribution in [2.24, 2.45) is 7.05 Å². The van der Waals surface area contributed by atoms with E-state index in [9.17, 15) is 22.8 Å². The summed E-state index contributed by atoms with van der Waals surface area (Å²) in [5, 5.41) is 0.777. The van der Waals surface area contributed by atoms with Crippen LogP contribution in [-0.2, 0) is 19.8 Å². The van der Waals surface area contributed by atoms with Crippen molar-refractivity contribution in [1.29, 1.82) is 0 Å². The minimum atomic E-state index is -4.79. The fraction of sp³-hybridized carbons (Fsp3) is 0.353. The maximum absolute atomic E-state index is 13.0. The molecule has 0 spiro atoms. The molecule has 0 fully saturated rings. The van der Waals surface area contributed by atoms with Crippen molar-refractivity contribution in [2.75, 3.05) is 21.1 Å². The summed E-state index contributed by atoms with van der Waals surface area (Å²) >= 11 is 1.30. The monoisotopic (exact) mass is 399 g/mol. The quantitative estimate of drug-likeness (QED) is 0.636. The van der Waals surface area contributed by atoms with E-state index >= 15 is 0 Å². The summed E-state index contributed by atoms with van der Waals surface area (Å²) in [7, 11) is 7.01. The molecule has 2 heterocycles. The van der Waals surface area contributed by atoms with Crippen LogP contribution in [0, 0.1) is 0 Å². The first-order valence-electron chi connectivity index (χ1n) is 7.98. The number of alkyl halides is 3. The molecule has 1 aromatic carbocycles. The third-order valence-electron chi connectivity index (χ3n) is 4.02. The molecule has 3 rings (SSSR count). The van der Waals surface area contributed by atoms with E-state index in [0.717, 1.165) is 27.4 Å². The van der Waals surface area contributed by atoms with Gasteiger partial charge in [0.25, 0.3) is 5.56 Å². The number of aromatic nitrogens is 3. The van der Waals surface area contributed by atoms with Crippen LogP contribution in [0.5, 0.6) is 0 Å². The van der Waals surface area contributed by atoms with E-state index in [1.807, 2.05) is 21.1 Å². The highest BCUT2D eigenvalue weighted by Gasteiger charge is 2.35. The van der Waals surface area contributed by atoms with Crippen LogP contribution in [0.3, 0.4) is 0 Å². The molecule has 0 N–H and O–H groups in total. The largest absolute Gasteiger partial charge is 0.431 e. The molecule has 0 radical (unpaired) electrons. The number of nitrogens with zero attached hydrogens (tertiary/aromatic N) is 4. The van der Waals surface area contributed by atoms with Gasteiger partial charge in [0.15, 0.2) is 0 Å². The van der Waals surface area contributed by atoms with E-state index in [4.69, 9.17) is 0 Å². The van der Waals surface area contributed by atoms with Gasteiger partial charge in [0.05, 0.1) is 31.5 Å². The molecular formula is C17H18F3N4O2S+. The zero-order valence-corrected chi connectivity index (χ0v) is 16.0. The molecule has 0 aliphatic carbocycles. The van der Waals surface area contributed by atoms with Gasteiger partial charge in [-0.3, -0.25) is 9.36 Å². The molecule has 0 aliphatic rings. The third-order valence-corrected chi connectivity index (χ3v) is 4.89. The topological polar surface area (TPSA) is 56.9 Å². The minimum absolute atomic E-state index is 0.213. The van der Waals surface area contributed by atoms with Crippen LogP contribution in [0.2, 0.25) is 0 Å². The summed E-state index contributed by atoms with van der Waals surface area (Å²) in [6.45, 7) is 0.628. The lowest BCUT2D eigenvalue weighted by atomic mass is 10.2. The van der Waals surface area contributed by atoms with Crippen LogP contribution in [0.15, 0.2) is 33.9 Å². The molecule has 10 heteroatoms. The van der Waals surface area contributed by atoms with Crippen LogP contribution in [0.25, 0.3) is 15.8 Å². The number of quaternary nitrogens is 1. The summed E-state index contributed by atoms with van der Waals surface area (Å²) in [5.41, 5.74) is -2.34. The second-order valence-electron chi connectivity index (χ2n) is 7.30. The van der Waals surface area contributed by atoms with E-state index in [-0.39, 0.29) is 5.69 Å². The first-order chi connectivity index (χ1) is 12.4. The SMILES string of the molecule is Cn1c(C(F)(F)F)cc(=O)n(-c2ccc3snc(C[N+](C)(C)C)c3c2)c1=O. The Balaban J connectivity index is 2.22. The van der Waals surface area contributed by atoms with Crippen molar-refractivity contribution >= 4 is 21.6 Å². The van der Waals surface area contributed by atoms with E-state index in [2.05, 4.69) is 4.37 Å². The van der Waals surface area contributed by atoms with E-state index in [0.29, 0.717) is 21.7 Å². The predicted molar refractivity (Wildman–Crippen MR) is 97.2 cm³/mol. The van der Waals surface area contributed by atoms with E-state index in [1.165, 1.54) is 17.6 Å². The molecule has 3 aromatic rings. The standard InChI is InChI=1S/C17H18F3N4O2S/c1-22-14(17(18,19)20)8-15(25)23(16(22)26)10-5-6-13-11(7-10)12(21-27-13)9-24(2,3)4/h5-8H,9H2,1-4H3/q+1. The van der Waals surface area contributed by atoms with Gasteiger partial charge in [-0.25, -0.2) is 9.36 Å². The Hall–Kier alpha value is -2.46. The zero-order valence-electron chi connectivity index (χ0n) is 15.2. The second kappa shape index (κ2) is 6.31. The van der Waals surface area contributed by atoms with Gasteiger partial charge in [0.1, 0.15) is 17.9 Å². The number of rotatable bonds is 3. The van der Waals surface area contributed by atoms with Crippen molar-refractivity contribution in [2.45, 2.75) is 12.7 Å². The Bertz CT molecular complexity index is 1140. The summed E-state index contributed by atoms with van der Waals surface area (Å²) < 4.78 is 46.1. The lowest BCUT2D eigenvalue weighted by Gasteiger charge is -2.22. The molecule has 27 heavy (non-hydrogen) atoms. The normalized spacial score (nSPS) is 12.7. The number of halogens is 3. The number of hydrogen-bond donors (Lipinski definition) is 0. The van der Waals surface area contributed by atoms with E-state index < -0.39 is 23.1 Å². The van der Waals surface area contributed by atoms with Gasteiger partial charge in [0, 0.05) is 18.5 Å². The van der Waals surface area contributed by atoms with Gasteiger partial charge in [-0.15, -0.1) is 0 Å².